The highest BCUT2D eigenvalue weighted by atomic mass is 19.1. The first-order valence-corrected chi connectivity index (χ1v) is 10.8. The third-order valence-electron chi connectivity index (χ3n) is 6.14. The van der Waals surface area contributed by atoms with Crippen molar-refractivity contribution < 1.29 is 23.1 Å². The zero-order valence-corrected chi connectivity index (χ0v) is 17.6. The Labute approximate surface area is 184 Å². The third kappa shape index (κ3) is 3.93. The van der Waals surface area contributed by atoms with Gasteiger partial charge in [-0.25, -0.2) is 9.18 Å². The van der Waals surface area contributed by atoms with Gasteiger partial charge in [0.05, 0.1) is 13.2 Å². The van der Waals surface area contributed by atoms with Crippen molar-refractivity contribution in [1.82, 2.24) is 9.80 Å². The summed E-state index contributed by atoms with van der Waals surface area (Å²) in [5.41, 5.74) is 1.95. The molecule has 2 aliphatic heterocycles. The number of hydrogen-bond acceptors (Lipinski definition) is 4. The predicted molar refractivity (Wildman–Crippen MR) is 117 cm³/mol. The molecule has 7 nitrogen and oxygen atoms in total. The minimum atomic E-state index is -0.280. The number of urea groups is 1. The molecule has 166 valence electrons. The summed E-state index contributed by atoms with van der Waals surface area (Å²) in [4.78, 5) is 29.6. The second-order valence-electron chi connectivity index (χ2n) is 8.12. The molecule has 3 heterocycles. The van der Waals surface area contributed by atoms with Gasteiger partial charge in [-0.05, 0) is 36.2 Å². The van der Waals surface area contributed by atoms with Gasteiger partial charge in [-0.15, -0.1) is 0 Å². The van der Waals surface area contributed by atoms with Crippen LogP contribution in [0.25, 0.3) is 11.0 Å². The lowest BCUT2D eigenvalue weighted by atomic mass is 9.99. The number of nitrogens with one attached hydrogen (secondary N) is 1. The van der Waals surface area contributed by atoms with Gasteiger partial charge in [-0.2, -0.15) is 0 Å². The summed E-state index contributed by atoms with van der Waals surface area (Å²) in [5, 5.41) is 3.62. The first-order valence-electron chi connectivity index (χ1n) is 10.8. The average Bonchev–Trinajstić information content (AvgIpc) is 3.46. The van der Waals surface area contributed by atoms with Crippen LogP contribution in [0.15, 0.2) is 52.9 Å². The van der Waals surface area contributed by atoms with Crippen molar-refractivity contribution in [3.8, 4) is 0 Å². The Morgan fingerprint density at radius 2 is 1.72 bits per heavy atom. The zero-order chi connectivity index (χ0) is 22.1. The molecule has 5 rings (SSSR count). The van der Waals surface area contributed by atoms with E-state index in [-0.39, 0.29) is 29.4 Å². The van der Waals surface area contributed by atoms with E-state index in [4.69, 9.17) is 9.15 Å². The van der Waals surface area contributed by atoms with E-state index in [1.54, 1.807) is 28.0 Å². The van der Waals surface area contributed by atoms with Gasteiger partial charge in [0.2, 0.25) is 5.76 Å². The smallest absolute Gasteiger partial charge is 0.321 e. The van der Waals surface area contributed by atoms with Crippen LogP contribution in [0.3, 0.4) is 0 Å². The number of morpholine rings is 1. The van der Waals surface area contributed by atoms with Crippen LogP contribution in [-0.2, 0) is 4.74 Å². The van der Waals surface area contributed by atoms with E-state index in [1.807, 2.05) is 18.2 Å². The third-order valence-corrected chi connectivity index (χ3v) is 6.14. The highest BCUT2D eigenvalue weighted by Gasteiger charge is 2.31. The van der Waals surface area contributed by atoms with Gasteiger partial charge >= 0.3 is 6.03 Å². The van der Waals surface area contributed by atoms with E-state index in [0.29, 0.717) is 56.0 Å². The molecule has 0 radical (unpaired) electrons. The highest BCUT2D eigenvalue weighted by molar-refractivity contribution is 6.10. The number of carbonyl (C=O) groups is 2. The average molecular weight is 437 g/mol. The lowest BCUT2D eigenvalue weighted by molar-refractivity contribution is 0.0285. The molecule has 32 heavy (non-hydrogen) atoms. The summed E-state index contributed by atoms with van der Waals surface area (Å²) < 4.78 is 24.5. The molecule has 0 saturated carbocycles. The molecule has 1 N–H and O–H groups in total. The maximum atomic E-state index is 13.2. The predicted octanol–water partition coefficient (Wildman–Crippen LogP) is 4.07. The molecule has 0 bridgehead atoms. The van der Waals surface area contributed by atoms with Gasteiger partial charge in [0.15, 0.2) is 0 Å². The molecule has 1 aromatic heterocycles. The van der Waals surface area contributed by atoms with Gasteiger partial charge in [-0.1, -0.05) is 24.3 Å². The van der Waals surface area contributed by atoms with Crippen molar-refractivity contribution >= 4 is 28.6 Å². The zero-order valence-electron chi connectivity index (χ0n) is 17.6. The van der Waals surface area contributed by atoms with Crippen molar-refractivity contribution in [2.75, 3.05) is 44.7 Å². The Kier molecular flexibility index (Phi) is 5.53. The molecule has 0 aliphatic carbocycles. The Morgan fingerprint density at radius 1 is 0.969 bits per heavy atom. The Hall–Kier alpha value is -3.39. The normalized spacial score (nSPS) is 18.8. The maximum Gasteiger partial charge on any atom is 0.321 e. The molecule has 1 unspecified atom stereocenters. The van der Waals surface area contributed by atoms with E-state index in [2.05, 4.69) is 5.32 Å². The molecule has 3 amide bonds. The number of ether oxygens (including phenoxy) is 1. The second kappa shape index (κ2) is 8.63. The summed E-state index contributed by atoms with van der Waals surface area (Å²) in [6.45, 7) is 3.03. The number of nitrogens with zero attached hydrogens (tertiary/aromatic N) is 2. The van der Waals surface area contributed by atoms with Crippen LogP contribution >= 0.6 is 0 Å². The van der Waals surface area contributed by atoms with Crippen molar-refractivity contribution in [3.05, 3.63) is 65.7 Å². The number of halogens is 1. The number of para-hydroxylation sites is 1. The number of fused-ring (bicyclic) bond motifs is 1. The highest BCUT2D eigenvalue weighted by Crippen LogP contribution is 2.33. The van der Waals surface area contributed by atoms with E-state index in [0.717, 1.165) is 12.0 Å². The molecule has 8 heteroatoms. The lowest BCUT2D eigenvalue weighted by Gasteiger charge is -2.26. The molecule has 2 aromatic carbocycles. The van der Waals surface area contributed by atoms with Crippen LogP contribution < -0.4 is 5.32 Å². The van der Waals surface area contributed by atoms with Gasteiger partial charge in [-0.3, -0.25) is 4.79 Å². The molecular weight excluding hydrogens is 413 g/mol. The van der Waals surface area contributed by atoms with Crippen molar-refractivity contribution in [1.29, 1.82) is 0 Å². The molecule has 2 aliphatic rings. The Morgan fingerprint density at radius 3 is 2.50 bits per heavy atom. The van der Waals surface area contributed by atoms with Crippen LogP contribution in [0.5, 0.6) is 0 Å². The van der Waals surface area contributed by atoms with Crippen LogP contribution in [-0.4, -0.2) is 61.1 Å². The largest absolute Gasteiger partial charge is 0.449 e. The van der Waals surface area contributed by atoms with Gasteiger partial charge in [0.25, 0.3) is 5.91 Å². The SMILES string of the molecule is O=C(Nc1c(C(=O)N2CCOCC2)oc2ccccc12)N1CCC(c2ccc(F)cc2)C1. The minimum absolute atomic E-state index is 0.135. The first-order chi connectivity index (χ1) is 15.6. The van der Waals surface area contributed by atoms with E-state index in [9.17, 15) is 14.0 Å². The summed E-state index contributed by atoms with van der Waals surface area (Å²) in [6, 6.07) is 13.4. The fourth-order valence-corrected chi connectivity index (χ4v) is 4.37. The molecular formula is C24H24FN3O4. The number of anilines is 1. The van der Waals surface area contributed by atoms with Gasteiger partial charge < -0.3 is 24.3 Å². The van der Waals surface area contributed by atoms with E-state index >= 15 is 0 Å². The standard InChI is InChI=1S/C24H24FN3O4/c25-18-7-5-16(6-8-18)17-9-10-28(15-17)24(30)26-21-19-3-1-2-4-20(19)32-22(21)23(29)27-11-13-31-14-12-27/h1-8,17H,9-15H2,(H,26,30). The quantitative estimate of drug-likeness (QED) is 0.671. The van der Waals surface area contributed by atoms with E-state index in [1.165, 1.54) is 12.1 Å². The minimum Gasteiger partial charge on any atom is -0.449 e. The summed E-state index contributed by atoms with van der Waals surface area (Å²) >= 11 is 0. The number of hydrogen-bond donors (Lipinski definition) is 1. The molecule has 1 atom stereocenters. The van der Waals surface area contributed by atoms with E-state index < -0.39 is 0 Å². The lowest BCUT2D eigenvalue weighted by Crippen LogP contribution is -2.41. The molecule has 3 aromatic rings. The van der Waals surface area contributed by atoms with Crippen molar-refractivity contribution in [2.45, 2.75) is 12.3 Å². The second-order valence-corrected chi connectivity index (χ2v) is 8.12. The van der Waals surface area contributed by atoms with Crippen LogP contribution in [0.1, 0.15) is 28.5 Å². The summed E-state index contributed by atoms with van der Waals surface area (Å²) in [6.07, 6.45) is 0.796. The van der Waals surface area contributed by atoms with Crippen molar-refractivity contribution in [2.24, 2.45) is 0 Å². The number of benzene rings is 2. The fourth-order valence-electron chi connectivity index (χ4n) is 4.37. The fraction of sp³-hybridized carbons (Fsp3) is 0.333. The summed E-state index contributed by atoms with van der Waals surface area (Å²) in [5.74, 6) is -0.247. The Balaban J connectivity index is 1.37. The number of furan rings is 1. The number of rotatable bonds is 3. The number of carbonyl (C=O) groups excluding carboxylic acids is 2. The summed E-state index contributed by atoms with van der Waals surface area (Å²) in [7, 11) is 0. The maximum absolute atomic E-state index is 13.2. The molecule has 2 saturated heterocycles. The van der Waals surface area contributed by atoms with Crippen molar-refractivity contribution in [3.63, 3.8) is 0 Å². The monoisotopic (exact) mass is 437 g/mol. The van der Waals surface area contributed by atoms with Crippen LogP contribution in [0.4, 0.5) is 14.9 Å². The molecule has 2 fully saturated rings. The van der Waals surface area contributed by atoms with Gasteiger partial charge in [0, 0.05) is 37.5 Å². The number of likely N-dealkylation sites (tertiary alicyclic amines) is 1. The first kappa shape index (κ1) is 20.5. The molecule has 0 spiro atoms. The van der Waals surface area contributed by atoms with Gasteiger partial charge in [0.1, 0.15) is 17.1 Å². The topological polar surface area (TPSA) is 75.0 Å². The Bertz CT molecular complexity index is 1140. The van der Waals surface area contributed by atoms with Crippen LogP contribution in [0.2, 0.25) is 0 Å². The van der Waals surface area contributed by atoms with Crippen LogP contribution in [0, 0.1) is 5.82 Å². The number of amides is 3.